The van der Waals surface area contributed by atoms with Gasteiger partial charge in [-0.05, 0) is 62.4 Å². The summed E-state index contributed by atoms with van der Waals surface area (Å²) in [6, 6.07) is 0.752. The smallest absolute Gasteiger partial charge is 0.0107 e. The number of rotatable bonds is 4. The van der Waals surface area contributed by atoms with E-state index in [0.29, 0.717) is 5.41 Å². The molecule has 2 atom stereocenters. The van der Waals surface area contributed by atoms with Crippen LogP contribution in [0.4, 0.5) is 0 Å². The topological polar surface area (TPSA) is 15.3 Å². The molecule has 1 saturated heterocycles. The minimum Gasteiger partial charge on any atom is -0.313 e. The van der Waals surface area contributed by atoms with Crippen molar-refractivity contribution in [2.45, 2.75) is 65.8 Å². The van der Waals surface area contributed by atoms with Gasteiger partial charge in [-0.1, -0.05) is 27.7 Å². The normalized spacial score (nSPS) is 33.5. The molecule has 0 aromatic carbocycles. The molecule has 2 rings (SSSR count). The van der Waals surface area contributed by atoms with Gasteiger partial charge in [0.1, 0.15) is 0 Å². The first kappa shape index (κ1) is 15.3. The molecule has 2 nitrogen and oxygen atoms in total. The Kier molecular flexibility index (Phi) is 5.30. The Bertz CT molecular complexity index is 266. The Morgan fingerprint density at radius 1 is 1.05 bits per heavy atom. The summed E-state index contributed by atoms with van der Waals surface area (Å²) in [5.74, 6) is 1.83. The van der Waals surface area contributed by atoms with E-state index in [4.69, 9.17) is 0 Å². The molecule has 2 aliphatic rings. The lowest BCUT2D eigenvalue weighted by Crippen LogP contribution is -2.44. The predicted molar refractivity (Wildman–Crippen MR) is 83.4 cm³/mol. The van der Waals surface area contributed by atoms with Crippen LogP contribution in [0.1, 0.15) is 59.8 Å². The van der Waals surface area contributed by atoms with E-state index in [0.717, 1.165) is 17.9 Å². The summed E-state index contributed by atoms with van der Waals surface area (Å²) >= 11 is 0. The van der Waals surface area contributed by atoms with Crippen molar-refractivity contribution < 1.29 is 0 Å². The number of hydrogen-bond donors (Lipinski definition) is 1. The highest BCUT2D eigenvalue weighted by atomic mass is 15.1. The van der Waals surface area contributed by atoms with Crippen LogP contribution in [0.25, 0.3) is 0 Å². The fraction of sp³-hybridized carbons (Fsp3) is 1.00. The quantitative estimate of drug-likeness (QED) is 0.837. The van der Waals surface area contributed by atoms with Gasteiger partial charge in [0.05, 0.1) is 0 Å². The van der Waals surface area contributed by atoms with Gasteiger partial charge in [-0.2, -0.15) is 0 Å². The van der Waals surface area contributed by atoms with E-state index >= 15 is 0 Å². The fourth-order valence-electron chi connectivity index (χ4n) is 4.21. The van der Waals surface area contributed by atoms with Crippen LogP contribution in [0.15, 0.2) is 0 Å². The molecule has 0 aromatic rings. The van der Waals surface area contributed by atoms with Crippen molar-refractivity contribution in [3.8, 4) is 0 Å². The molecule has 0 aromatic heterocycles. The molecule has 0 amide bonds. The minimum atomic E-state index is 0.538. The molecule has 1 heterocycles. The van der Waals surface area contributed by atoms with Crippen LogP contribution in [0, 0.1) is 17.3 Å². The maximum absolute atomic E-state index is 3.82. The van der Waals surface area contributed by atoms with Crippen LogP contribution in [-0.4, -0.2) is 37.1 Å². The largest absolute Gasteiger partial charge is 0.313 e. The van der Waals surface area contributed by atoms with Crippen molar-refractivity contribution in [3.05, 3.63) is 0 Å². The molecule has 1 saturated carbocycles. The van der Waals surface area contributed by atoms with E-state index in [2.05, 4.69) is 37.9 Å². The minimum absolute atomic E-state index is 0.538. The van der Waals surface area contributed by atoms with Gasteiger partial charge in [-0.25, -0.2) is 0 Å². The molecular formula is C17H34N2. The second-order valence-electron chi connectivity index (χ2n) is 8.09. The van der Waals surface area contributed by atoms with Crippen LogP contribution in [-0.2, 0) is 0 Å². The zero-order valence-corrected chi connectivity index (χ0v) is 13.5. The van der Waals surface area contributed by atoms with E-state index in [9.17, 15) is 0 Å². The van der Waals surface area contributed by atoms with E-state index in [-0.39, 0.29) is 0 Å². The monoisotopic (exact) mass is 266 g/mol. The van der Waals surface area contributed by atoms with Crippen molar-refractivity contribution in [2.24, 2.45) is 17.3 Å². The van der Waals surface area contributed by atoms with Crippen molar-refractivity contribution in [1.29, 1.82) is 0 Å². The Hall–Kier alpha value is -0.0800. The standard InChI is InChI=1S/C17H34N2/c1-14-5-8-19(9-6-14)10-7-18-16-11-15(2)12-17(3,4)13-16/h14-16,18H,5-13H2,1-4H3. The highest BCUT2D eigenvalue weighted by Gasteiger charge is 2.31. The summed E-state index contributed by atoms with van der Waals surface area (Å²) < 4.78 is 0. The maximum atomic E-state index is 3.82. The molecule has 1 N–H and O–H groups in total. The molecule has 1 aliphatic heterocycles. The third-order valence-corrected chi connectivity index (χ3v) is 5.12. The first-order valence-electron chi connectivity index (χ1n) is 8.40. The Morgan fingerprint density at radius 3 is 2.37 bits per heavy atom. The van der Waals surface area contributed by atoms with E-state index in [1.165, 1.54) is 58.3 Å². The molecule has 0 spiro atoms. The lowest BCUT2D eigenvalue weighted by atomic mass is 9.70. The summed E-state index contributed by atoms with van der Waals surface area (Å²) in [6.45, 7) is 14.7. The first-order chi connectivity index (χ1) is 8.94. The van der Waals surface area contributed by atoms with E-state index in [1.54, 1.807) is 0 Å². The highest BCUT2D eigenvalue weighted by Crippen LogP contribution is 2.38. The summed E-state index contributed by atoms with van der Waals surface area (Å²) in [6.07, 6.45) is 6.92. The summed E-state index contributed by atoms with van der Waals surface area (Å²) in [5, 5.41) is 3.82. The molecule has 2 unspecified atom stereocenters. The average Bonchev–Trinajstić information content (AvgIpc) is 2.29. The van der Waals surface area contributed by atoms with Crippen LogP contribution in [0.5, 0.6) is 0 Å². The lowest BCUT2D eigenvalue weighted by molar-refractivity contribution is 0.143. The van der Waals surface area contributed by atoms with Crippen LogP contribution in [0.2, 0.25) is 0 Å². The SMILES string of the molecule is CC1CCN(CCNC2CC(C)CC(C)(C)C2)CC1. The third-order valence-electron chi connectivity index (χ3n) is 5.12. The molecule has 0 radical (unpaired) electrons. The van der Waals surface area contributed by atoms with Crippen LogP contribution >= 0.6 is 0 Å². The van der Waals surface area contributed by atoms with Gasteiger partial charge < -0.3 is 10.2 Å². The number of likely N-dealkylation sites (tertiary alicyclic amines) is 1. The molecule has 112 valence electrons. The molecular weight excluding hydrogens is 232 g/mol. The third kappa shape index (κ3) is 5.07. The van der Waals surface area contributed by atoms with Gasteiger partial charge >= 0.3 is 0 Å². The fourth-order valence-corrected chi connectivity index (χ4v) is 4.21. The predicted octanol–water partition coefficient (Wildman–Crippen LogP) is 3.52. The zero-order valence-electron chi connectivity index (χ0n) is 13.5. The van der Waals surface area contributed by atoms with Gasteiger partial charge in [0.2, 0.25) is 0 Å². The zero-order chi connectivity index (χ0) is 13.9. The van der Waals surface area contributed by atoms with Crippen molar-refractivity contribution in [3.63, 3.8) is 0 Å². The molecule has 2 heteroatoms. The van der Waals surface area contributed by atoms with Gasteiger partial charge in [0.25, 0.3) is 0 Å². The van der Waals surface area contributed by atoms with E-state index < -0.39 is 0 Å². The second kappa shape index (κ2) is 6.58. The average molecular weight is 266 g/mol. The van der Waals surface area contributed by atoms with Crippen LogP contribution < -0.4 is 5.32 Å². The number of hydrogen-bond acceptors (Lipinski definition) is 2. The van der Waals surface area contributed by atoms with Crippen molar-refractivity contribution in [1.82, 2.24) is 10.2 Å². The highest BCUT2D eigenvalue weighted by molar-refractivity contribution is 4.86. The number of nitrogens with zero attached hydrogens (tertiary/aromatic N) is 1. The van der Waals surface area contributed by atoms with Gasteiger partial charge in [0, 0.05) is 19.1 Å². The Labute approximate surface area is 120 Å². The van der Waals surface area contributed by atoms with Crippen LogP contribution in [0.3, 0.4) is 0 Å². The van der Waals surface area contributed by atoms with Crippen molar-refractivity contribution >= 4 is 0 Å². The Balaban J connectivity index is 1.65. The van der Waals surface area contributed by atoms with E-state index in [1.807, 2.05) is 0 Å². The van der Waals surface area contributed by atoms with Gasteiger partial charge in [-0.3, -0.25) is 0 Å². The Morgan fingerprint density at radius 2 is 1.74 bits per heavy atom. The summed E-state index contributed by atoms with van der Waals surface area (Å²) in [4.78, 5) is 2.64. The first-order valence-corrected chi connectivity index (χ1v) is 8.40. The number of piperidine rings is 1. The molecule has 0 bridgehead atoms. The summed E-state index contributed by atoms with van der Waals surface area (Å²) in [5.41, 5.74) is 0.538. The summed E-state index contributed by atoms with van der Waals surface area (Å²) in [7, 11) is 0. The maximum Gasteiger partial charge on any atom is 0.0107 e. The second-order valence-corrected chi connectivity index (χ2v) is 8.09. The molecule has 19 heavy (non-hydrogen) atoms. The lowest BCUT2D eigenvalue weighted by Gasteiger charge is -2.40. The van der Waals surface area contributed by atoms with Gasteiger partial charge in [0.15, 0.2) is 0 Å². The number of nitrogens with one attached hydrogen (secondary N) is 1. The van der Waals surface area contributed by atoms with Gasteiger partial charge in [-0.15, -0.1) is 0 Å². The molecule has 1 aliphatic carbocycles. The molecule has 2 fully saturated rings. The van der Waals surface area contributed by atoms with Crippen molar-refractivity contribution in [2.75, 3.05) is 26.2 Å².